The topological polar surface area (TPSA) is 58.1 Å². The van der Waals surface area contributed by atoms with Gasteiger partial charge in [0.05, 0.1) is 20.6 Å². The molecule has 1 heterocycles. The first-order valence-electron chi connectivity index (χ1n) is 10.5. The number of amides is 1. The molecule has 3 aromatic rings. The molecule has 196 valence electrons. The average Bonchev–Trinajstić information content (AvgIpc) is 2.83. The third-order valence-electron chi connectivity index (χ3n) is 5.03. The van der Waals surface area contributed by atoms with Gasteiger partial charge in [-0.25, -0.2) is 23.8 Å². The Hall–Kier alpha value is -2.95. The SMILES string of the molecule is CC(C)N(Nc1ncccn1)C(=O)c1ccc(/C(F)=C/C(c2cc(Cl)c(Cl)c(Cl)c2)C(F)(F)F)cc1F. The fourth-order valence-corrected chi connectivity index (χ4v) is 3.84. The lowest BCUT2D eigenvalue weighted by Crippen LogP contribution is -2.42. The number of benzene rings is 2. The highest BCUT2D eigenvalue weighted by Crippen LogP contribution is 2.42. The maximum Gasteiger partial charge on any atom is 0.399 e. The maximum absolute atomic E-state index is 14.9. The number of nitrogens with one attached hydrogen (secondary N) is 1. The van der Waals surface area contributed by atoms with Crippen LogP contribution >= 0.6 is 34.8 Å². The number of carbonyl (C=O) groups is 1. The Kier molecular flexibility index (Phi) is 8.99. The van der Waals surface area contributed by atoms with Gasteiger partial charge in [0, 0.05) is 24.0 Å². The molecule has 2 aromatic carbocycles. The summed E-state index contributed by atoms with van der Waals surface area (Å²) in [6.45, 7) is 3.30. The van der Waals surface area contributed by atoms with Crippen molar-refractivity contribution >= 4 is 52.5 Å². The van der Waals surface area contributed by atoms with E-state index in [1.807, 2.05) is 0 Å². The van der Waals surface area contributed by atoms with Crippen LogP contribution in [0.1, 0.15) is 41.3 Å². The van der Waals surface area contributed by atoms with Gasteiger partial charge in [-0.2, -0.15) is 13.2 Å². The van der Waals surface area contributed by atoms with Gasteiger partial charge in [0.25, 0.3) is 5.91 Å². The third-order valence-corrected chi connectivity index (χ3v) is 6.22. The van der Waals surface area contributed by atoms with E-state index in [0.717, 1.165) is 29.3 Å². The van der Waals surface area contributed by atoms with Crippen LogP contribution < -0.4 is 5.43 Å². The number of halogens is 8. The van der Waals surface area contributed by atoms with Crippen molar-refractivity contribution in [1.82, 2.24) is 15.0 Å². The smallest absolute Gasteiger partial charge is 0.267 e. The van der Waals surface area contributed by atoms with Crippen molar-refractivity contribution in [3.05, 3.63) is 92.4 Å². The second kappa shape index (κ2) is 11.6. The lowest BCUT2D eigenvalue weighted by atomic mass is 9.96. The average molecular weight is 580 g/mol. The van der Waals surface area contributed by atoms with Gasteiger partial charge >= 0.3 is 6.18 Å². The van der Waals surface area contributed by atoms with Gasteiger partial charge in [-0.15, -0.1) is 0 Å². The van der Waals surface area contributed by atoms with E-state index in [4.69, 9.17) is 34.8 Å². The van der Waals surface area contributed by atoms with E-state index in [0.29, 0.717) is 6.07 Å². The van der Waals surface area contributed by atoms with Crippen LogP contribution in [0.3, 0.4) is 0 Å². The number of rotatable bonds is 7. The summed E-state index contributed by atoms with van der Waals surface area (Å²) in [5.74, 6) is -5.73. The normalized spacial score (nSPS) is 13.0. The number of anilines is 1. The summed E-state index contributed by atoms with van der Waals surface area (Å²) < 4.78 is 71.1. The van der Waals surface area contributed by atoms with Crippen molar-refractivity contribution in [2.24, 2.45) is 0 Å². The molecule has 0 saturated heterocycles. The van der Waals surface area contributed by atoms with Gasteiger partial charge < -0.3 is 0 Å². The molecule has 1 N–H and O–H groups in total. The van der Waals surface area contributed by atoms with E-state index < -0.39 is 52.4 Å². The Bertz CT molecular complexity index is 1300. The highest BCUT2D eigenvalue weighted by molar-refractivity contribution is 6.48. The molecule has 3 rings (SSSR count). The van der Waals surface area contributed by atoms with Crippen LogP contribution in [0.5, 0.6) is 0 Å². The first kappa shape index (κ1) is 28.6. The highest BCUT2D eigenvalue weighted by atomic mass is 35.5. The van der Waals surface area contributed by atoms with Gasteiger partial charge in [0.1, 0.15) is 17.6 Å². The Labute approximate surface area is 223 Å². The Morgan fingerprint density at radius 2 is 1.65 bits per heavy atom. The van der Waals surface area contributed by atoms with Crippen LogP contribution in [0.15, 0.2) is 54.9 Å². The van der Waals surface area contributed by atoms with Gasteiger partial charge in [-0.05, 0) is 55.8 Å². The summed E-state index contributed by atoms with van der Waals surface area (Å²) in [6, 6.07) is 5.53. The molecular formula is C24H18Cl3F5N4O. The van der Waals surface area contributed by atoms with Crippen LogP contribution in [0.2, 0.25) is 15.1 Å². The highest BCUT2D eigenvalue weighted by Gasteiger charge is 2.40. The zero-order chi connectivity index (χ0) is 27.5. The summed E-state index contributed by atoms with van der Waals surface area (Å²) in [4.78, 5) is 20.8. The minimum Gasteiger partial charge on any atom is -0.267 e. The molecule has 0 radical (unpaired) electrons. The summed E-state index contributed by atoms with van der Waals surface area (Å²) in [6.07, 6.45) is -1.80. The summed E-state index contributed by atoms with van der Waals surface area (Å²) in [7, 11) is 0. The molecule has 37 heavy (non-hydrogen) atoms. The lowest BCUT2D eigenvalue weighted by molar-refractivity contribution is -0.139. The molecule has 0 fully saturated rings. The van der Waals surface area contributed by atoms with E-state index in [-0.39, 0.29) is 27.1 Å². The minimum atomic E-state index is -4.94. The van der Waals surface area contributed by atoms with Crippen molar-refractivity contribution in [2.45, 2.75) is 32.0 Å². The molecule has 1 unspecified atom stereocenters. The van der Waals surface area contributed by atoms with E-state index in [9.17, 15) is 26.7 Å². The molecule has 0 aliphatic carbocycles. The number of allylic oxidation sites excluding steroid dienone is 1. The van der Waals surface area contributed by atoms with Gasteiger partial charge in [-0.3, -0.25) is 10.2 Å². The molecule has 0 saturated carbocycles. The molecule has 13 heteroatoms. The van der Waals surface area contributed by atoms with Gasteiger partial charge in [0.15, 0.2) is 0 Å². The number of hydrogen-bond donors (Lipinski definition) is 1. The van der Waals surface area contributed by atoms with Gasteiger partial charge in [-0.1, -0.05) is 40.9 Å². The van der Waals surface area contributed by atoms with Crippen LogP contribution in [-0.2, 0) is 0 Å². The van der Waals surface area contributed by atoms with Crippen molar-refractivity contribution in [3.63, 3.8) is 0 Å². The molecule has 1 atom stereocenters. The summed E-state index contributed by atoms with van der Waals surface area (Å²) >= 11 is 17.5. The number of hydrazine groups is 1. The zero-order valence-corrected chi connectivity index (χ0v) is 21.4. The van der Waals surface area contributed by atoms with E-state index in [1.165, 1.54) is 12.4 Å². The molecule has 0 aliphatic heterocycles. The summed E-state index contributed by atoms with van der Waals surface area (Å²) in [5, 5.41) is 0.423. The number of carbonyl (C=O) groups excluding carboxylic acids is 1. The first-order chi connectivity index (χ1) is 17.3. The number of aromatic nitrogens is 2. The maximum atomic E-state index is 14.9. The standard InChI is InChI=1S/C24H18Cl3F5N4O/c1-12(2)36(35-23-33-6-3-7-34-23)22(37)15-5-4-13(10-20(15)29)19(28)11-16(24(30,31)32)14-8-17(25)21(27)18(26)9-14/h3-12,16H,1-2H3,(H,33,34,35)/b19-11-. The minimum absolute atomic E-state index is 0.0798. The van der Waals surface area contributed by atoms with E-state index >= 15 is 0 Å². The molecule has 0 aliphatic rings. The second-order valence-electron chi connectivity index (χ2n) is 7.98. The molecule has 0 spiro atoms. The van der Waals surface area contributed by atoms with Crippen molar-refractivity contribution < 1.29 is 26.7 Å². The van der Waals surface area contributed by atoms with Crippen LogP contribution in [0, 0.1) is 5.82 Å². The zero-order valence-electron chi connectivity index (χ0n) is 19.1. The lowest BCUT2D eigenvalue weighted by Gasteiger charge is -2.27. The van der Waals surface area contributed by atoms with Gasteiger partial charge in [0.2, 0.25) is 5.95 Å². The van der Waals surface area contributed by atoms with E-state index in [2.05, 4.69) is 15.4 Å². The second-order valence-corrected chi connectivity index (χ2v) is 9.17. The van der Waals surface area contributed by atoms with Crippen molar-refractivity contribution in [3.8, 4) is 0 Å². The largest absolute Gasteiger partial charge is 0.399 e. The predicted molar refractivity (Wildman–Crippen MR) is 133 cm³/mol. The Morgan fingerprint density at radius 3 is 2.16 bits per heavy atom. The Balaban J connectivity index is 1.93. The number of hydrogen-bond acceptors (Lipinski definition) is 4. The molecule has 5 nitrogen and oxygen atoms in total. The summed E-state index contributed by atoms with van der Waals surface area (Å²) in [5.41, 5.74) is 1.25. The van der Waals surface area contributed by atoms with Crippen LogP contribution in [-0.4, -0.2) is 33.1 Å². The predicted octanol–water partition coefficient (Wildman–Crippen LogP) is 8.11. The molecule has 1 aromatic heterocycles. The van der Waals surface area contributed by atoms with Crippen LogP contribution in [0.25, 0.3) is 5.83 Å². The first-order valence-corrected chi connectivity index (χ1v) is 11.7. The van der Waals surface area contributed by atoms with E-state index in [1.54, 1.807) is 19.9 Å². The van der Waals surface area contributed by atoms with Crippen LogP contribution in [0.4, 0.5) is 27.9 Å². The Morgan fingerprint density at radius 1 is 1.05 bits per heavy atom. The molecule has 1 amide bonds. The monoisotopic (exact) mass is 578 g/mol. The fraction of sp³-hybridized carbons (Fsp3) is 0.208. The molecule has 0 bridgehead atoms. The third kappa shape index (κ3) is 6.88. The van der Waals surface area contributed by atoms with Crippen molar-refractivity contribution in [1.29, 1.82) is 0 Å². The van der Waals surface area contributed by atoms with Crippen molar-refractivity contribution in [2.75, 3.05) is 5.43 Å². The molecular weight excluding hydrogens is 562 g/mol. The quantitative estimate of drug-likeness (QED) is 0.175. The fourth-order valence-electron chi connectivity index (χ4n) is 3.22. The number of nitrogens with zero attached hydrogens (tertiary/aromatic N) is 3. The number of alkyl halides is 3.